The molecule has 2 rings (SSSR count). The standard InChI is InChI=1S/C7H4N2O3S/c10-5-4-3(7(11)12)1-13-6(4)9-2-8-5/h2H,1H2,(H,11,12). The van der Waals surface area contributed by atoms with Crippen LogP contribution in [0.4, 0.5) is 0 Å². The van der Waals surface area contributed by atoms with E-state index in [0.29, 0.717) is 10.8 Å². The number of nitrogens with zero attached hydrogens (tertiary/aromatic N) is 2. The first-order valence-electron chi connectivity index (χ1n) is 3.44. The fraction of sp³-hybridized carbons (Fsp3) is 0.143. The summed E-state index contributed by atoms with van der Waals surface area (Å²) in [5, 5.41) is 9.21. The first kappa shape index (κ1) is 8.18. The zero-order valence-corrected chi connectivity index (χ0v) is 7.17. The van der Waals surface area contributed by atoms with Gasteiger partial charge in [-0.3, -0.25) is 4.79 Å². The highest BCUT2D eigenvalue weighted by atomic mass is 32.2. The molecule has 0 saturated heterocycles. The van der Waals surface area contributed by atoms with Crippen LogP contribution in [0.3, 0.4) is 0 Å². The van der Waals surface area contributed by atoms with E-state index >= 15 is 0 Å². The highest BCUT2D eigenvalue weighted by molar-refractivity contribution is 8.15. The molecule has 1 amide bonds. The Morgan fingerprint density at radius 1 is 1.62 bits per heavy atom. The zero-order chi connectivity index (χ0) is 9.42. The Hall–Kier alpha value is -1.43. The Balaban J connectivity index is 2.54. The van der Waals surface area contributed by atoms with Crippen molar-refractivity contribution in [3.8, 4) is 0 Å². The molecule has 0 atom stereocenters. The van der Waals surface area contributed by atoms with Crippen molar-refractivity contribution in [2.24, 2.45) is 9.98 Å². The maximum Gasteiger partial charge on any atom is 0.333 e. The lowest BCUT2D eigenvalue weighted by Gasteiger charge is -2.01. The largest absolute Gasteiger partial charge is 0.478 e. The number of aliphatic imine (C=N–C) groups is 2. The number of thioether (sulfide) groups is 1. The number of carbonyl (C=O) groups excluding carboxylic acids is 1. The molecule has 6 heteroatoms. The van der Waals surface area contributed by atoms with Gasteiger partial charge in [0.2, 0.25) is 0 Å². The topological polar surface area (TPSA) is 79.1 Å². The molecule has 0 radical (unpaired) electrons. The number of carboxylic acids is 1. The highest BCUT2D eigenvalue weighted by Crippen LogP contribution is 2.30. The van der Waals surface area contributed by atoms with Crippen molar-refractivity contribution < 1.29 is 14.7 Å². The van der Waals surface area contributed by atoms with Crippen LogP contribution >= 0.6 is 11.8 Å². The van der Waals surface area contributed by atoms with Crippen molar-refractivity contribution in [3.05, 3.63) is 11.1 Å². The predicted octanol–water partition coefficient (Wildman–Crippen LogP) is 0.0814. The molecule has 5 nitrogen and oxygen atoms in total. The molecule has 0 bridgehead atoms. The first-order valence-corrected chi connectivity index (χ1v) is 4.43. The van der Waals surface area contributed by atoms with E-state index in [1.54, 1.807) is 0 Å². The van der Waals surface area contributed by atoms with Gasteiger partial charge in [0.05, 0.1) is 11.1 Å². The summed E-state index contributed by atoms with van der Waals surface area (Å²) in [6.07, 6.45) is 1.15. The van der Waals surface area contributed by atoms with Gasteiger partial charge in [-0.2, -0.15) is 4.99 Å². The minimum atomic E-state index is -1.07. The third kappa shape index (κ3) is 1.19. The highest BCUT2D eigenvalue weighted by Gasteiger charge is 2.32. The molecule has 0 aliphatic carbocycles. The molecule has 13 heavy (non-hydrogen) atoms. The number of hydrogen-bond acceptors (Lipinski definition) is 4. The number of rotatable bonds is 1. The minimum Gasteiger partial charge on any atom is -0.478 e. The monoisotopic (exact) mass is 196 g/mol. The van der Waals surface area contributed by atoms with E-state index in [2.05, 4.69) is 9.98 Å². The van der Waals surface area contributed by atoms with Gasteiger partial charge in [0.25, 0.3) is 5.91 Å². The van der Waals surface area contributed by atoms with Crippen molar-refractivity contribution in [3.63, 3.8) is 0 Å². The molecule has 0 unspecified atom stereocenters. The summed E-state index contributed by atoms with van der Waals surface area (Å²) in [6.45, 7) is 0. The van der Waals surface area contributed by atoms with Crippen LogP contribution in [0.15, 0.2) is 21.1 Å². The lowest BCUT2D eigenvalue weighted by atomic mass is 10.1. The van der Waals surface area contributed by atoms with Crippen LogP contribution < -0.4 is 0 Å². The van der Waals surface area contributed by atoms with Gasteiger partial charge in [-0.15, -0.1) is 11.8 Å². The lowest BCUT2D eigenvalue weighted by molar-refractivity contribution is -0.132. The zero-order valence-electron chi connectivity index (χ0n) is 6.35. The fourth-order valence-corrected chi connectivity index (χ4v) is 2.13. The molecule has 0 aromatic carbocycles. The van der Waals surface area contributed by atoms with Crippen LogP contribution in [0.5, 0.6) is 0 Å². The van der Waals surface area contributed by atoms with Gasteiger partial charge in [-0.25, -0.2) is 9.79 Å². The maximum atomic E-state index is 11.2. The quantitative estimate of drug-likeness (QED) is 0.644. The van der Waals surface area contributed by atoms with Gasteiger partial charge in [-0.1, -0.05) is 0 Å². The second kappa shape index (κ2) is 2.81. The summed E-state index contributed by atoms with van der Waals surface area (Å²) in [4.78, 5) is 29.1. The van der Waals surface area contributed by atoms with E-state index < -0.39 is 11.9 Å². The van der Waals surface area contributed by atoms with E-state index in [1.807, 2.05) is 0 Å². The molecule has 0 aromatic heterocycles. The molecule has 1 N–H and O–H groups in total. The molecule has 0 fully saturated rings. The Morgan fingerprint density at radius 2 is 2.38 bits per heavy atom. The Bertz CT molecular complexity index is 395. The Labute approximate surface area is 77.3 Å². The first-order chi connectivity index (χ1) is 6.20. The van der Waals surface area contributed by atoms with Crippen molar-refractivity contribution in [1.29, 1.82) is 0 Å². The number of carboxylic acid groups (broad SMARTS) is 1. The molecule has 66 valence electrons. The summed E-state index contributed by atoms with van der Waals surface area (Å²) in [5.74, 6) is -1.29. The predicted molar refractivity (Wildman–Crippen MR) is 48.1 cm³/mol. The molecule has 0 saturated carbocycles. The minimum absolute atomic E-state index is 0.102. The number of hydrogen-bond donors (Lipinski definition) is 1. The second-order valence-electron chi connectivity index (χ2n) is 2.43. The normalized spacial score (nSPS) is 20.3. The third-order valence-corrected chi connectivity index (χ3v) is 2.71. The number of aliphatic carboxylic acids is 1. The van der Waals surface area contributed by atoms with Gasteiger partial charge in [0.15, 0.2) is 0 Å². The molecular formula is C7H4N2O3S. The van der Waals surface area contributed by atoms with E-state index in [4.69, 9.17) is 5.11 Å². The molecule has 2 aliphatic rings. The number of fused-ring (bicyclic) bond motifs is 1. The lowest BCUT2D eigenvalue weighted by Crippen LogP contribution is -2.13. The van der Waals surface area contributed by atoms with Gasteiger partial charge in [0.1, 0.15) is 11.4 Å². The van der Waals surface area contributed by atoms with Crippen LogP contribution in [0.25, 0.3) is 0 Å². The summed E-state index contributed by atoms with van der Waals surface area (Å²) in [6, 6.07) is 0. The average Bonchev–Trinajstić information content (AvgIpc) is 2.49. The number of carbonyl (C=O) groups is 2. The molecule has 2 aliphatic heterocycles. The molecule has 0 aromatic rings. The van der Waals surface area contributed by atoms with Gasteiger partial charge >= 0.3 is 5.97 Å². The molecular weight excluding hydrogens is 192 g/mol. The van der Waals surface area contributed by atoms with Gasteiger partial charge < -0.3 is 5.11 Å². The SMILES string of the molecule is O=C(O)C1=C2C(=O)N=CN=C2SC1. The van der Waals surface area contributed by atoms with Crippen molar-refractivity contribution in [1.82, 2.24) is 0 Å². The molecule has 0 spiro atoms. The van der Waals surface area contributed by atoms with E-state index in [9.17, 15) is 9.59 Å². The van der Waals surface area contributed by atoms with Crippen LogP contribution in [0.2, 0.25) is 0 Å². The Morgan fingerprint density at radius 3 is 3.08 bits per heavy atom. The second-order valence-corrected chi connectivity index (χ2v) is 3.40. The van der Waals surface area contributed by atoms with Crippen molar-refractivity contribution >= 4 is 35.0 Å². The number of amides is 1. The fourth-order valence-electron chi connectivity index (χ4n) is 1.10. The van der Waals surface area contributed by atoms with E-state index in [-0.39, 0.29) is 11.1 Å². The third-order valence-electron chi connectivity index (χ3n) is 1.69. The van der Waals surface area contributed by atoms with Gasteiger partial charge in [-0.05, 0) is 0 Å². The smallest absolute Gasteiger partial charge is 0.333 e. The van der Waals surface area contributed by atoms with Crippen LogP contribution in [0, 0.1) is 0 Å². The molecule has 2 heterocycles. The van der Waals surface area contributed by atoms with E-state index in [1.165, 1.54) is 11.8 Å². The summed E-state index contributed by atoms with van der Waals surface area (Å²) >= 11 is 1.25. The summed E-state index contributed by atoms with van der Waals surface area (Å²) in [5.41, 5.74) is 0.255. The van der Waals surface area contributed by atoms with Crippen molar-refractivity contribution in [2.45, 2.75) is 0 Å². The summed E-state index contributed by atoms with van der Waals surface area (Å²) < 4.78 is 0. The van der Waals surface area contributed by atoms with Crippen LogP contribution in [0.1, 0.15) is 0 Å². The van der Waals surface area contributed by atoms with E-state index in [0.717, 1.165) is 6.34 Å². The van der Waals surface area contributed by atoms with Crippen molar-refractivity contribution in [2.75, 3.05) is 5.75 Å². The van der Waals surface area contributed by atoms with Crippen LogP contribution in [-0.2, 0) is 9.59 Å². The average molecular weight is 196 g/mol. The Kier molecular flexibility index (Phi) is 1.77. The summed E-state index contributed by atoms with van der Waals surface area (Å²) in [7, 11) is 0. The maximum absolute atomic E-state index is 11.2. The van der Waals surface area contributed by atoms with Gasteiger partial charge in [0, 0.05) is 5.75 Å². The van der Waals surface area contributed by atoms with Crippen LogP contribution in [-0.4, -0.2) is 34.1 Å².